The van der Waals surface area contributed by atoms with Crippen molar-refractivity contribution < 1.29 is 0 Å². The highest BCUT2D eigenvalue weighted by molar-refractivity contribution is 5.82. The van der Waals surface area contributed by atoms with Crippen LogP contribution in [0.4, 0.5) is 0 Å². The lowest BCUT2D eigenvalue weighted by Gasteiger charge is -2.39. The van der Waals surface area contributed by atoms with E-state index in [2.05, 4.69) is 109 Å². The van der Waals surface area contributed by atoms with Crippen molar-refractivity contribution in [2.75, 3.05) is 0 Å². The number of allylic oxidation sites excluding steroid dienone is 5. The molecule has 8 rings (SSSR count). The molecule has 1 heterocycles. The van der Waals surface area contributed by atoms with E-state index in [1.165, 1.54) is 65.5 Å². The third-order valence-electron chi connectivity index (χ3n) is 10.1. The third kappa shape index (κ3) is 5.45. The van der Waals surface area contributed by atoms with Crippen LogP contribution < -0.4 is 0 Å². The first-order valence-electron chi connectivity index (χ1n) is 17.0. The first-order chi connectivity index (χ1) is 22.8. The van der Waals surface area contributed by atoms with Crippen molar-refractivity contribution in [3.63, 3.8) is 0 Å². The Kier molecular flexibility index (Phi) is 7.75. The average Bonchev–Trinajstić information content (AvgIpc) is 3.15. The number of nitrogens with zero attached hydrogens (tertiary/aromatic N) is 3. The van der Waals surface area contributed by atoms with Gasteiger partial charge in [-0.15, -0.1) is 0 Å². The Morgan fingerprint density at radius 1 is 0.500 bits per heavy atom. The fraction of sp³-hybridized carbons (Fsp3) is 0.233. The fourth-order valence-corrected chi connectivity index (χ4v) is 7.69. The normalized spacial score (nSPS) is 17.1. The van der Waals surface area contributed by atoms with Crippen LogP contribution in [-0.2, 0) is 11.8 Å². The first-order valence-corrected chi connectivity index (χ1v) is 17.0. The van der Waals surface area contributed by atoms with E-state index in [1.54, 1.807) is 0 Å². The summed E-state index contributed by atoms with van der Waals surface area (Å²) >= 11 is 0. The van der Waals surface area contributed by atoms with Gasteiger partial charge in [-0.05, 0) is 71.9 Å². The molecule has 5 aromatic rings. The number of hydrogen-bond donors (Lipinski definition) is 0. The number of hydrogen-bond acceptors (Lipinski definition) is 3. The van der Waals surface area contributed by atoms with Crippen LogP contribution in [0.1, 0.15) is 85.0 Å². The van der Waals surface area contributed by atoms with Gasteiger partial charge in [-0.25, -0.2) is 15.0 Å². The highest BCUT2D eigenvalue weighted by Gasteiger charge is 2.35. The quantitative estimate of drug-likeness (QED) is 0.195. The van der Waals surface area contributed by atoms with E-state index in [1.807, 2.05) is 18.2 Å². The Bertz CT molecular complexity index is 1940. The molecule has 4 aromatic carbocycles. The zero-order valence-electron chi connectivity index (χ0n) is 26.3. The zero-order chi connectivity index (χ0) is 30.8. The van der Waals surface area contributed by atoms with E-state index in [0.29, 0.717) is 5.82 Å². The summed E-state index contributed by atoms with van der Waals surface area (Å²) in [7, 11) is 0. The average molecular weight is 598 g/mol. The van der Waals surface area contributed by atoms with Crippen LogP contribution in [0.5, 0.6) is 0 Å². The number of rotatable bonds is 6. The van der Waals surface area contributed by atoms with Gasteiger partial charge >= 0.3 is 0 Å². The summed E-state index contributed by atoms with van der Waals surface area (Å²) in [5.41, 5.74) is 11.5. The Hall–Kier alpha value is -4.89. The molecule has 226 valence electrons. The SMILES string of the molecule is C1=CC(c2nc(-c3ccccc3)nc(-c3ccc(C4(c5ccc(C6=CCCc7ccccc76)cc5)CCCCC4)cc3)n2)=CCC1. The minimum atomic E-state index is 0.0192. The lowest BCUT2D eigenvalue weighted by atomic mass is 9.65. The van der Waals surface area contributed by atoms with Gasteiger partial charge in [0, 0.05) is 22.1 Å². The first kappa shape index (κ1) is 28.6. The van der Waals surface area contributed by atoms with E-state index in [4.69, 9.17) is 15.0 Å². The summed E-state index contributed by atoms with van der Waals surface area (Å²) in [6.45, 7) is 0. The third-order valence-corrected chi connectivity index (χ3v) is 10.1. The molecule has 3 aliphatic rings. The molecular weight excluding hydrogens is 558 g/mol. The minimum absolute atomic E-state index is 0.0192. The van der Waals surface area contributed by atoms with E-state index < -0.39 is 0 Å². The van der Waals surface area contributed by atoms with Gasteiger partial charge < -0.3 is 0 Å². The number of aromatic nitrogens is 3. The summed E-state index contributed by atoms with van der Waals surface area (Å²) in [4.78, 5) is 14.9. The summed E-state index contributed by atoms with van der Waals surface area (Å²) in [6, 6.07) is 37.8. The molecule has 0 radical (unpaired) electrons. The summed E-state index contributed by atoms with van der Waals surface area (Å²) in [5, 5.41) is 0. The molecule has 3 nitrogen and oxygen atoms in total. The molecule has 3 aliphatic carbocycles. The van der Waals surface area contributed by atoms with Crippen LogP contribution in [0.2, 0.25) is 0 Å². The Morgan fingerprint density at radius 2 is 1.13 bits per heavy atom. The summed E-state index contributed by atoms with van der Waals surface area (Å²) < 4.78 is 0. The van der Waals surface area contributed by atoms with Crippen molar-refractivity contribution in [1.29, 1.82) is 0 Å². The lowest BCUT2D eigenvalue weighted by Crippen LogP contribution is -2.30. The molecule has 46 heavy (non-hydrogen) atoms. The lowest BCUT2D eigenvalue weighted by molar-refractivity contribution is 0.346. The van der Waals surface area contributed by atoms with Crippen LogP contribution >= 0.6 is 0 Å². The minimum Gasteiger partial charge on any atom is -0.208 e. The molecule has 0 aliphatic heterocycles. The van der Waals surface area contributed by atoms with Crippen LogP contribution in [-0.4, -0.2) is 15.0 Å². The molecule has 0 saturated heterocycles. The molecule has 1 saturated carbocycles. The highest BCUT2D eigenvalue weighted by Crippen LogP contribution is 2.46. The molecular formula is C43H39N3. The predicted molar refractivity (Wildman–Crippen MR) is 189 cm³/mol. The van der Waals surface area contributed by atoms with Crippen LogP contribution in [0.3, 0.4) is 0 Å². The largest absolute Gasteiger partial charge is 0.208 e. The highest BCUT2D eigenvalue weighted by atomic mass is 15.0. The summed E-state index contributed by atoms with van der Waals surface area (Å²) in [5.74, 6) is 2.17. The van der Waals surface area contributed by atoms with Gasteiger partial charge in [0.1, 0.15) is 0 Å². The second-order valence-corrected chi connectivity index (χ2v) is 12.9. The predicted octanol–water partition coefficient (Wildman–Crippen LogP) is 10.6. The van der Waals surface area contributed by atoms with Crippen molar-refractivity contribution in [2.24, 2.45) is 0 Å². The Morgan fingerprint density at radius 3 is 1.83 bits per heavy atom. The van der Waals surface area contributed by atoms with Gasteiger partial charge in [0.05, 0.1) is 0 Å². The van der Waals surface area contributed by atoms with Crippen molar-refractivity contribution >= 4 is 11.1 Å². The van der Waals surface area contributed by atoms with Gasteiger partial charge in [0.25, 0.3) is 0 Å². The second-order valence-electron chi connectivity index (χ2n) is 12.9. The van der Waals surface area contributed by atoms with E-state index in [9.17, 15) is 0 Å². The van der Waals surface area contributed by atoms with E-state index in [-0.39, 0.29) is 5.41 Å². The van der Waals surface area contributed by atoms with E-state index in [0.717, 1.165) is 54.0 Å². The molecule has 1 aromatic heterocycles. The molecule has 1 fully saturated rings. The summed E-state index contributed by atoms with van der Waals surface area (Å²) in [6.07, 6.45) is 19.5. The zero-order valence-corrected chi connectivity index (χ0v) is 26.3. The maximum absolute atomic E-state index is 4.99. The van der Waals surface area contributed by atoms with Gasteiger partial charge in [0.15, 0.2) is 17.5 Å². The molecule has 0 atom stereocenters. The molecule has 0 spiro atoms. The molecule has 0 bridgehead atoms. The Balaban J connectivity index is 1.14. The smallest absolute Gasteiger partial charge is 0.164 e. The van der Waals surface area contributed by atoms with Gasteiger partial charge in [-0.3, -0.25) is 0 Å². The van der Waals surface area contributed by atoms with Gasteiger partial charge in [0.2, 0.25) is 0 Å². The maximum atomic E-state index is 4.99. The standard InChI is InChI=1S/C43H39N3/c1-4-14-33(15-5-1)40-44-41(34-16-6-2-7-17-34)46-42(45-40)35-23-27-37(28-24-35)43(29-10-3-11-30-43)36-25-21-32(22-26-36)39-20-12-18-31-13-8-9-19-38(31)39/h1,4-6,8-9,13-17,19-28H,2-3,7,10-12,18,29-30H2. The van der Waals surface area contributed by atoms with E-state index >= 15 is 0 Å². The monoisotopic (exact) mass is 597 g/mol. The molecule has 3 heteroatoms. The van der Waals surface area contributed by atoms with Crippen molar-refractivity contribution in [3.8, 4) is 22.8 Å². The van der Waals surface area contributed by atoms with Gasteiger partial charge in [-0.2, -0.15) is 0 Å². The van der Waals surface area contributed by atoms with Crippen LogP contribution in [0.15, 0.2) is 127 Å². The Labute approximate surface area is 272 Å². The van der Waals surface area contributed by atoms with Crippen molar-refractivity contribution in [3.05, 3.63) is 161 Å². The molecule has 0 N–H and O–H groups in total. The fourth-order valence-electron chi connectivity index (χ4n) is 7.69. The molecule has 0 unspecified atom stereocenters. The molecule has 0 amide bonds. The number of benzene rings is 4. The number of aryl methyl sites for hydroxylation is 1. The van der Waals surface area contributed by atoms with Gasteiger partial charge in [-0.1, -0.05) is 147 Å². The topological polar surface area (TPSA) is 38.7 Å². The van der Waals surface area contributed by atoms with Crippen molar-refractivity contribution in [2.45, 2.75) is 63.2 Å². The maximum Gasteiger partial charge on any atom is 0.164 e. The van der Waals surface area contributed by atoms with Crippen LogP contribution in [0.25, 0.3) is 33.9 Å². The number of fused-ring (bicyclic) bond motifs is 1. The van der Waals surface area contributed by atoms with Crippen LogP contribution in [0, 0.1) is 0 Å². The van der Waals surface area contributed by atoms with Crippen molar-refractivity contribution in [1.82, 2.24) is 15.0 Å². The second kappa shape index (κ2) is 12.5.